The number of imidazole rings is 1. The van der Waals surface area contributed by atoms with E-state index in [0.717, 1.165) is 52.8 Å². The number of rotatable bonds is 11. The van der Waals surface area contributed by atoms with Crippen molar-refractivity contribution in [2.24, 2.45) is 0 Å². The Morgan fingerprint density at radius 2 is 1.62 bits per heavy atom. The van der Waals surface area contributed by atoms with Crippen molar-refractivity contribution in [2.75, 3.05) is 11.2 Å². The van der Waals surface area contributed by atoms with Gasteiger partial charge < -0.3 is 19.4 Å². The number of unbranched alkanes of at least 4 members (excludes halogenated alkanes) is 1. The molecule has 0 aliphatic carbocycles. The summed E-state index contributed by atoms with van der Waals surface area (Å²) in [5, 5.41) is 3.10. The van der Waals surface area contributed by atoms with Gasteiger partial charge in [0, 0.05) is 24.2 Å². The van der Waals surface area contributed by atoms with Crippen LogP contribution in [0.1, 0.15) is 51.9 Å². The fourth-order valence-corrected chi connectivity index (χ4v) is 6.10. The van der Waals surface area contributed by atoms with Gasteiger partial charge in [0.2, 0.25) is 0 Å². The van der Waals surface area contributed by atoms with E-state index in [1.54, 1.807) is 57.2 Å². The van der Waals surface area contributed by atoms with Gasteiger partial charge >= 0.3 is 6.16 Å². The number of aryl methyl sites for hydroxylation is 1. The molecule has 45 heavy (non-hydrogen) atoms. The number of nitrogens with one attached hydrogen (secondary N) is 1. The highest BCUT2D eigenvalue weighted by atomic mass is 32.2. The summed E-state index contributed by atoms with van der Waals surface area (Å²) in [7, 11) is -3.49. The Bertz CT molecular complexity index is 1880. The molecule has 4 aromatic carbocycles. The Kier molecular flexibility index (Phi) is 9.58. The maximum absolute atomic E-state index is 12.8. The predicted octanol–water partition coefficient (Wildman–Crippen LogP) is 8.25. The zero-order chi connectivity index (χ0) is 32.0. The number of hydrogen-bond acceptors (Lipinski definition) is 7. The van der Waals surface area contributed by atoms with E-state index in [-0.39, 0.29) is 10.8 Å². The molecule has 5 aromatic rings. The molecule has 1 aromatic heterocycles. The molecule has 1 N–H and O–H groups in total. The van der Waals surface area contributed by atoms with Crippen LogP contribution in [0.2, 0.25) is 0 Å². The molecule has 0 unspecified atom stereocenters. The summed E-state index contributed by atoms with van der Waals surface area (Å²) in [6, 6.07) is 29.7. The molecule has 0 spiro atoms. The van der Waals surface area contributed by atoms with E-state index in [9.17, 15) is 13.2 Å². The Labute approximate surface area is 265 Å². The lowest BCUT2D eigenvalue weighted by atomic mass is 10.0. The summed E-state index contributed by atoms with van der Waals surface area (Å²) in [6.07, 6.45) is 2.15. The number of nitrogens with zero attached hydrogens (tertiary/aromatic N) is 2. The lowest BCUT2D eigenvalue weighted by Gasteiger charge is -2.19. The molecule has 0 saturated carbocycles. The number of para-hydroxylation sites is 1. The van der Waals surface area contributed by atoms with E-state index >= 15 is 0 Å². The van der Waals surface area contributed by atoms with Crippen LogP contribution in [-0.2, 0) is 27.5 Å². The molecule has 1 heterocycles. The highest BCUT2D eigenvalue weighted by Gasteiger charge is 2.20. The molecule has 8 nitrogen and oxygen atoms in total. The van der Waals surface area contributed by atoms with Crippen molar-refractivity contribution in [3.63, 3.8) is 0 Å². The van der Waals surface area contributed by atoms with Crippen LogP contribution in [0.4, 0.5) is 10.5 Å². The van der Waals surface area contributed by atoms with Crippen molar-refractivity contribution in [1.82, 2.24) is 9.55 Å². The molecule has 0 amide bonds. The Morgan fingerprint density at radius 1 is 0.911 bits per heavy atom. The van der Waals surface area contributed by atoms with E-state index < -0.39 is 21.6 Å². The predicted molar refractivity (Wildman–Crippen MR) is 178 cm³/mol. The molecule has 234 valence electrons. The Balaban J connectivity index is 1.38. The van der Waals surface area contributed by atoms with Crippen LogP contribution < -0.4 is 10.1 Å². The minimum absolute atomic E-state index is 0.208. The number of hydrogen-bond donors (Lipinski definition) is 1. The maximum atomic E-state index is 12.8. The number of carbonyl (C=O) groups is 1. The average molecular weight is 626 g/mol. The third-order valence-corrected chi connectivity index (χ3v) is 8.74. The summed E-state index contributed by atoms with van der Waals surface area (Å²) in [5.74, 6) is 1.21. The maximum Gasteiger partial charge on any atom is 0.514 e. The monoisotopic (exact) mass is 625 g/mol. The van der Waals surface area contributed by atoms with Gasteiger partial charge in [-0.3, -0.25) is 0 Å². The average Bonchev–Trinajstić information content (AvgIpc) is 3.35. The van der Waals surface area contributed by atoms with E-state index in [2.05, 4.69) is 28.9 Å². The van der Waals surface area contributed by atoms with Gasteiger partial charge in [-0.15, -0.1) is 0 Å². The van der Waals surface area contributed by atoms with Crippen molar-refractivity contribution in [1.29, 1.82) is 0 Å². The topological polar surface area (TPSA) is 99.5 Å². The molecule has 0 aliphatic rings. The molecule has 9 heteroatoms. The Hall–Kier alpha value is -4.63. The molecule has 0 aliphatic heterocycles. The molecule has 0 atom stereocenters. The van der Waals surface area contributed by atoms with Crippen molar-refractivity contribution in [3.8, 4) is 16.9 Å². The van der Waals surface area contributed by atoms with Crippen molar-refractivity contribution < 1.29 is 22.7 Å². The standard InChI is InChI=1S/C36H39N3O5S/c1-5-6-16-34-38-31-22-21-28(37-25-45(41,42)29-12-8-7-9-13-29)23-32(31)39(34)24-26-17-19-27(20-18-26)30-14-10-11-15-33(30)43-35(40)44-36(2,3)4/h7-15,17-23,37H,5-6,16,24-25H2,1-4H3. The van der Waals surface area contributed by atoms with Gasteiger partial charge in [-0.25, -0.2) is 18.2 Å². The lowest BCUT2D eigenvalue weighted by molar-refractivity contribution is 0.0207. The molecular weight excluding hydrogens is 586 g/mol. The summed E-state index contributed by atoms with van der Waals surface area (Å²) >= 11 is 0. The van der Waals surface area contributed by atoms with Crippen LogP contribution in [0, 0.1) is 0 Å². The van der Waals surface area contributed by atoms with E-state index in [4.69, 9.17) is 14.5 Å². The quantitative estimate of drug-likeness (QED) is 0.117. The van der Waals surface area contributed by atoms with Crippen LogP contribution >= 0.6 is 0 Å². The minimum Gasteiger partial charge on any atom is -0.428 e. The molecule has 0 bridgehead atoms. The van der Waals surface area contributed by atoms with Crippen LogP contribution in [0.3, 0.4) is 0 Å². The first kappa shape index (κ1) is 31.8. The second kappa shape index (κ2) is 13.6. The number of anilines is 1. The molecule has 0 radical (unpaired) electrons. The number of sulfone groups is 1. The number of carbonyl (C=O) groups excluding carboxylic acids is 1. The molecular formula is C36H39N3O5S. The van der Waals surface area contributed by atoms with Gasteiger partial charge in [0.05, 0.1) is 15.9 Å². The molecule has 0 fully saturated rings. The third kappa shape index (κ3) is 8.10. The number of benzene rings is 4. The molecule has 5 rings (SSSR count). The van der Waals surface area contributed by atoms with Gasteiger partial charge in [-0.05, 0) is 74.7 Å². The second-order valence-corrected chi connectivity index (χ2v) is 13.9. The number of aromatic nitrogens is 2. The van der Waals surface area contributed by atoms with Gasteiger partial charge in [-0.1, -0.05) is 74.0 Å². The summed E-state index contributed by atoms with van der Waals surface area (Å²) in [4.78, 5) is 17.6. The highest BCUT2D eigenvalue weighted by Crippen LogP contribution is 2.31. The first-order chi connectivity index (χ1) is 21.5. The molecule has 0 saturated heterocycles. The fourth-order valence-electron chi connectivity index (χ4n) is 5.00. The van der Waals surface area contributed by atoms with E-state index in [1.165, 1.54) is 0 Å². The zero-order valence-electron chi connectivity index (χ0n) is 26.1. The first-order valence-corrected chi connectivity index (χ1v) is 16.8. The Morgan fingerprint density at radius 3 is 2.33 bits per heavy atom. The van der Waals surface area contributed by atoms with Crippen molar-refractivity contribution >= 4 is 32.7 Å². The van der Waals surface area contributed by atoms with Gasteiger partial charge in [0.15, 0.2) is 9.84 Å². The summed E-state index contributed by atoms with van der Waals surface area (Å²) in [6.45, 7) is 8.14. The minimum atomic E-state index is -3.49. The largest absolute Gasteiger partial charge is 0.514 e. The lowest BCUT2D eigenvalue weighted by Crippen LogP contribution is -2.26. The van der Waals surface area contributed by atoms with Crippen molar-refractivity contribution in [2.45, 2.75) is 64.0 Å². The highest BCUT2D eigenvalue weighted by molar-refractivity contribution is 7.91. The van der Waals surface area contributed by atoms with E-state index in [0.29, 0.717) is 18.0 Å². The smallest absolute Gasteiger partial charge is 0.428 e. The van der Waals surface area contributed by atoms with Gasteiger partial charge in [-0.2, -0.15) is 0 Å². The third-order valence-electron chi connectivity index (χ3n) is 7.23. The number of ether oxygens (including phenoxy) is 2. The van der Waals surface area contributed by atoms with Crippen LogP contribution in [-0.4, -0.2) is 35.6 Å². The normalized spacial score (nSPS) is 11.8. The number of fused-ring (bicyclic) bond motifs is 1. The van der Waals surface area contributed by atoms with Crippen LogP contribution in [0.15, 0.2) is 102 Å². The van der Waals surface area contributed by atoms with Crippen LogP contribution in [0.5, 0.6) is 5.75 Å². The fraction of sp³-hybridized carbons (Fsp3) is 0.278. The van der Waals surface area contributed by atoms with Gasteiger partial charge in [0.1, 0.15) is 23.1 Å². The first-order valence-electron chi connectivity index (χ1n) is 15.1. The van der Waals surface area contributed by atoms with Gasteiger partial charge in [0.25, 0.3) is 0 Å². The van der Waals surface area contributed by atoms with E-state index in [1.807, 2.05) is 48.5 Å². The summed E-state index contributed by atoms with van der Waals surface area (Å²) < 4.78 is 38.8. The summed E-state index contributed by atoms with van der Waals surface area (Å²) in [5.41, 5.74) is 4.62. The second-order valence-electron chi connectivity index (χ2n) is 11.9. The SMILES string of the molecule is CCCCc1nc2ccc(NCS(=O)(=O)c3ccccc3)cc2n1Cc1ccc(-c2ccccc2OC(=O)OC(C)(C)C)cc1. The van der Waals surface area contributed by atoms with Crippen LogP contribution in [0.25, 0.3) is 22.2 Å². The van der Waals surface area contributed by atoms with Crippen molar-refractivity contribution in [3.05, 3.63) is 108 Å². The zero-order valence-corrected chi connectivity index (χ0v) is 26.9.